The molecule has 26 heavy (non-hydrogen) atoms. The third kappa shape index (κ3) is 4.23. The molecule has 0 radical (unpaired) electrons. The van der Waals surface area contributed by atoms with Gasteiger partial charge in [-0.15, -0.1) is 0 Å². The fourth-order valence-corrected chi connectivity index (χ4v) is 3.32. The van der Waals surface area contributed by atoms with Crippen molar-refractivity contribution in [2.45, 2.75) is 25.8 Å². The van der Waals surface area contributed by atoms with Gasteiger partial charge in [0.2, 0.25) is 5.91 Å². The Hall–Kier alpha value is -2.82. The van der Waals surface area contributed by atoms with Gasteiger partial charge in [-0.1, -0.05) is 30.3 Å². The zero-order valence-electron chi connectivity index (χ0n) is 15.0. The normalized spacial score (nSPS) is 16.3. The molecule has 136 valence electrons. The van der Waals surface area contributed by atoms with Crippen LogP contribution in [0.15, 0.2) is 54.6 Å². The van der Waals surface area contributed by atoms with Gasteiger partial charge in [0.15, 0.2) is 0 Å². The number of carbonyl (C=O) groups excluding carboxylic acids is 2. The lowest BCUT2D eigenvalue weighted by molar-refractivity contribution is -0.131. The predicted molar refractivity (Wildman–Crippen MR) is 100 cm³/mol. The van der Waals surface area contributed by atoms with Gasteiger partial charge in [-0.25, -0.2) is 0 Å². The molecule has 1 heterocycles. The van der Waals surface area contributed by atoms with E-state index in [0.29, 0.717) is 12.2 Å². The van der Waals surface area contributed by atoms with E-state index in [4.69, 9.17) is 4.74 Å². The molecule has 0 unspecified atom stereocenters. The molecule has 1 aliphatic heterocycles. The lowest BCUT2D eigenvalue weighted by Crippen LogP contribution is -2.39. The van der Waals surface area contributed by atoms with Crippen LogP contribution in [0.1, 0.15) is 41.7 Å². The van der Waals surface area contributed by atoms with Gasteiger partial charge in [-0.2, -0.15) is 0 Å². The second-order valence-electron chi connectivity index (χ2n) is 6.30. The highest BCUT2D eigenvalue weighted by atomic mass is 16.5. The Balaban J connectivity index is 1.57. The first-order chi connectivity index (χ1) is 12.7. The molecule has 5 nitrogen and oxygen atoms in total. The van der Waals surface area contributed by atoms with E-state index in [0.717, 1.165) is 30.7 Å². The molecule has 0 aliphatic carbocycles. The minimum atomic E-state index is -0.253. The van der Waals surface area contributed by atoms with Gasteiger partial charge in [0.1, 0.15) is 5.75 Å². The number of carbonyl (C=O) groups is 2. The van der Waals surface area contributed by atoms with Gasteiger partial charge < -0.3 is 15.0 Å². The van der Waals surface area contributed by atoms with Crippen LogP contribution in [0.25, 0.3) is 0 Å². The van der Waals surface area contributed by atoms with Gasteiger partial charge in [0, 0.05) is 12.1 Å². The van der Waals surface area contributed by atoms with Gasteiger partial charge in [0.05, 0.1) is 19.2 Å². The predicted octanol–water partition coefficient (Wildman–Crippen LogP) is 3.18. The number of rotatable bonds is 6. The summed E-state index contributed by atoms with van der Waals surface area (Å²) in [7, 11) is 0. The molecule has 0 aromatic heterocycles. The van der Waals surface area contributed by atoms with Gasteiger partial charge in [-0.05, 0) is 49.6 Å². The Kier molecular flexibility index (Phi) is 5.89. The molecule has 1 atom stereocenters. The van der Waals surface area contributed by atoms with Crippen LogP contribution in [0, 0.1) is 0 Å². The molecule has 5 heteroatoms. The second-order valence-corrected chi connectivity index (χ2v) is 6.30. The first kappa shape index (κ1) is 18.0. The molecule has 1 aliphatic rings. The summed E-state index contributed by atoms with van der Waals surface area (Å²) < 4.78 is 5.37. The molecule has 1 saturated heterocycles. The van der Waals surface area contributed by atoms with E-state index in [1.165, 1.54) is 0 Å². The van der Waals surface area contributed by atoms with Crippen LogP contribution >= 0.6 is 0 Å². The summed E-state index contributed by atoms with van der Waals surface area (Å²) in [4.78, 5) is 26.7. The monoisotopic (exact) mass is 352 g/mol. The molecular weight excluding hydrogens is 328 g/mol. The number of nitrogens with zero attached hydrogens (tertiary/aromatic N) is 1. The number of ether oxygens (including phenoxy) is 1. The van der Waals surface area contributed by atoms with Crippen molar-refractivity contribution in [2.75, 3.05) is 19.7 Å². The molecule has 0 bridgehead atoms. The highest BCUT2D eigenvalue weighted by molar-refractivity contribution is 5.96. The maximum Gasteiger partial charge on any atom is 0.251 e. The number of nitrogens with one attached hydrogen (secondary N) is 1. The summed E-state index contributed by atoms with van der Waals surface area (Å²) in [5.41, 5.74) is 1.67. The molecule has 2 aromatic rings. The number of benzene rings is 2. The highest BCUT2D eigenvalue weighted by Gasteiger charge is 2.29. The first-order valence-electron chi connectivity index (χ1n) is 9.04. The third-order valence-corrected chi connectivity index (χ3v) is 4.59. The summed E-state index contributed by atoms with van der Waals surface area (Å²) in [6, 6.07) is 17.1. The summed E-state index contributed by atoms with van der Waals surface area (Å²) in [5.74, 6) is 0.426. The Labute approximate surface area is 154 Å². The minimum absolute atomic E-state index is 0.00930. The largest absolute Gasteiger partial charge is 0.494 e. The van der Waals surface area contributed by atoms with E-state index in [-0.39, 0.29) is 24.4 Å². The summed E-state index contributed by atoms with van der Waals surface area (Å²) in [6.07, 6.45) is 1.95. The zero-order chi connectivity index (χ0) is 18.4. The van der Waals surface area contributed by atoms with Crippen molar-refractivity contribution in [3.63, 3.8) is 0 Å². The number of hydrogen-bond acceptors (Lipinski definition) is 3. The van der Waals surface area contributed by atoms with Gasteiger partial charge in [0.25, 0.3) is 5.91 Å². The van der Waals surface area contributed by atoms with Crippen LogP contribution < -0.4 is 10.1 Å². The maximum absolute atomic E-state index is 12.6. The van der Waals surface area contributed by atoms with Gasteiger partial charge >= 0.3 is 0 Å². The molecule has 0 spiro atoms. The molecule has 2 amide bonds. The fourth-order valence-electron chi connectivity index (χ4n) is 3.32. The van der Waals surface area contributed by atoms with Gasteiger partial charge in [-0.3, -0.25) is 9.59 Å². The Morgan fingerprint density at radius 3 is 2.54 bits per heavy atom. The number of likely N-dealkylation sites (tertiary alicyclic amines) is 1. The average Bonchev–Trinajstić information content (AvgIpc) is 3.17. The quantitative estimate of drug-likeness (QED) is 0.869. The van der Waals surface area contributed by atoms with E-state index in [1.54, 1.807) is 24.3 Å². The Bertz CT molecular complexity index is 744. The summed E-state index contributed by atoms with van der Waals surface area (Å²) in [5, 5.41) is 2.73. The van der Waals surface area contributed by atoms with Crippen LogP contribution in [-0.4, -0.2) is 36.4 Å². The minimum Gasteiger partial charge on any atom is -0.494 e. The van der Waals surface area contributed by atoms with Crippen molar-refractivity contribution in [2.24, 2.45) is 0 Å². The molecule has 2 aromatic carbocycles. The van der Waals surface area contributed by atoms with Crippen LogP contribution in [0.2, 0.25) is 0 Å². The SMILES string of the molecule is CCOc1ccc(C(=O)NCC(=O)N2CCC[C@@H]2c2ccccc2)cc1. The van der Waals surface area contributed by atoms with Crippen LogP contribution in [0.3, 0.4) is 0 Å². The number of amides is 2. The lowest BCUT2D eigenvalue weighted by Gasteiger charge is -2.25. The van der Waals surface area contributed by atoms with Crippen molar-refractivity contribution < 1.29 is 14.3 Å². The third-order valence-electron chi connectivity index (χ3n) is 4.59. The first-order valence-corrected chi connectivity index (χ1v) is 9.04. The van der Waals surface area contributed by atoms with Crippen LogP contribution in [0.5, 0.6) is 5.75 Å². The van der Waals surface area contributed by atoms with Crippen molar-refractivity contribution in [3.8, 4) is 5.75 Å². The topological polar surface area (TPSA) is 58.6 Å². The maximum atomic E-state index is 12.6. The number of hydrogen-bond donors (Lipinski definition) is 1. The standard InChI is InChI=1S/C21H24N2O3/c1-2-26-18-12-10-17(11-13-18)21(25)22-15-20(24)23-14-6-9-19(23)16-7-4-3-5-8-16/h3-5,7-8,10-13,19H,2,6,9,14-15H2,1H3,(H,22,25)/t19-/m1/s1. The van der Waals surface area contributed by atoms with Crippen LogP contribution in [-0.2, 0) is 4.79 Å². The average molecular weight is 352 g/mol. The molecular formula is C21H24N2O3. The Morgan fingerprint density at radius 2 is 1.85 bits per heavy atom. The van der Waals surface area contributed by atoms with Crippen molar-refractivity contribution in [1.82, 2.24) is 10.2 Å². The zero-order valence-corrected chi connectivity index (χ0v) is 15.0. The highest BCUT2D eigenvalue weighted by Crippen LogP contribution is 2.31. The molecule has 3 rings (SSSR count). The summed E-state index contributed by atoms with van der Waals surface area (Å²) in [6.45, 7) is 3.23. The van der Waals surface area contributed by atoms with E-state index >= 15 is 0 Å². The smallest absolute Gasteiger partial charge is 0.251 e. The van der Waals surface area contributed by atoms with E-state index in [9.17, 15) is 9.59 Å². The molecule has 0 saturated carbocycles. The van der Waals surface area contributed by atoms with E-state index in [1.807, 2.05) is 30.0 Å². The van der Waals surface area contributed by atoms with Crippen molar-refractivity contribution in [3.05, 3.63) is 65.7 Å². The van der Waals surface area contributed by atoms with E-state index < -0.39 is 0 Å². The van der Waals surface area contributed by atoms with Crippen LogP contribution in [0.4, 0.5) is 0 Å². The Morgan fingerprint density at radius 1 is 1.12 bits per heavy atom. The van der Waals surface area contributed by atoms with E-state index in [2.05, 4.69) is 17.4 Å². The summed E-state index contributed by atoms with van der Waals surface area (Å²) >= 11 is 0. The fraction of sp³-hybridized carbons (Fsp3) is 0.333. The molecule has 1 fully saturated rings. The van der Waals surface area contributed by atoms with Crippen molar-refractivity contribution >= 4 is 11.8 Å². The lowest BCUT2D eigenvalue weighted by atomic mass is 10.0. The van der Waals surface area contributed by atoms with Crippen molar-refractivity contribution in [1.29, 1.82) is 0 Å². The molecule has 1 N–H and O–H groups in total. The second kappa shape index (κ2) is 8.52.